The first-order valence-corrected chi connectivity index (χ1v) is 8.87. The fourth-order valence-electron chi connectivity index (χ4n) is 3.24. The molecule has 0 bridgehead atoms. The van der Waals surface area contributed by atoms with Gasteiger partial charge in [0.25, 0.3) is 0 Å². The molecule has 0 aliphatic rings. The van der Waals surface area contributed by atoms with Crippen molar-refractivity contribution in [3.8, 4) is 11.5 Å². The molecule has 0 aliphatic carbocycles. The molecular weight excluding hydrogens is 387 g/mol. The highest BCUT2D eigenvalue weighted by molar-refractivity contribution is 5.87. The molecule has 0 radical (unpaired) electrons. The van der Waals surface area contributed by atoms with Crippen molar-refractivity contribution < 1.29 is 32.5 Å². The first-order chi connectivity index (χ1) is 13.5. The molecule has 29 heavy (non-hydrogen) atoms. The minimum atomic E-state index is -4.76. The number of halogens is 3. The number of carbonyl (C=O) groups is 1. The third-order valence-electron chi connectivity index (χ3n) is 4.77. The molecule has 8 heteroatoms. The van der Waals surface area contributed by atoms with Crippen molar-refractivity contribution in [3.63, 3.8) is 0 Å². The van der Waals surface area contributed by atoms with E-state index in [1.165, 1.54) is 19.1 Å². The molecule has 0 saturated heterocycles. The number of rotatable bonds is 6. The summed E-state index contributed by atoms with van der Waals surface area (Å²) in [5, 5.41) is 9.66. The van der Waals surface area contributed by atoms with Gasteiger partial charge in [0, 0.05) is 23.6 Å². The van der Waals surface area contributed by atoms with E-state index in [0.717, 1.165) is 22.3 Å². The van der Waals surface area contributed by atoms with Crippen LogP contribution in [0, 0.1) is 6.92 Å². The van der Waals surface area contributed by atoms with Crippen LogP contribution in [0.2, 0.25) is 0 Å². The van der Waals surface area contributed by atoms with Gasteiger partial charge < -0.3 is 19.1 Å². The van der Waals surface area contributed by atoms with E-state index in [2.05, 4.69) is 4.74 Å². The maximum atomic E-state index is 12.6. The van der Waals surface area contributed by atoms with Crippen LogP contribution in [0.1, 0.15) is 23.7 Å². The molecule has 0 spiro atoms. The maximum absolute atomic E-state index is 12.6. The number of hydrogen-bond acceptors (Lipinski definition) is 3. The normalized spacial score (nSPS) is 12.8. The van der Waals surface area contributed by atoms with Gasteiger partial charge in [-0.1, -0.05) is 12.1 Å². The van der Waals surface area contributed by atoms with Crippen molar-refractivity contribution in [1.29, 1.82) is 0 Å². The van der Waals surface area contributed by atoms with E-state index >= 15 is 0 Å². The zero-order valence-electron chi connectivity index (χ0n) is 16.1. The molecule has 0 aliphatic heterocycles. The van der Waals surface area contributed by atoms with Crippen LogP contribution in [0.5, 0.6) is 11.5 Å². The van der Waals surface area contributed by atoms with Gasteiger partial charge in [0.05, 0.1) is 0 Å². The molecule has 1 N–H and O–H groups in total. The SMILES string of the molecule is Cc1c(Cc2cccc(OC(C)C(=O)O)c2)c2cc(OC(F)(F)F)ccc2n1C. The molecule has 2 aromatic carbocycles. The van der Waals surface area contributed by atoms with Gasteiger partial charge in [-0.2, -0.15) is 0 Å². The molecular formula is C21H20F3NO4. The second-order valence-electron chi connectivity index (χ2n) is 6.77. The molecule has 0 saturated carbocycles. The van der Waals surface area contributed by atoms with E-state index in [1.807, 2.05) is 24.6 Å². The Balaban J connectivity index is 1.96. The maximum Gasteiger partial charge on any atom is 0.573 e. The number of benzene rings is 2. The van der Waals surface area contributed by atoms with Crippen LogP contribution in [0.15, 0.2) is 42.5 Å². The van der Waals surface area contributed by atoms with E-state index in [1.54, 1.807) is 24.3 Å². The molecule has 1 unspecified atom stereocenters. The minimum absolute atomic E-state index is 0.274. The molecule has 1 atom stereocenters. The molecule has 154 valence electrons. The number of carboxylic acids is 1. The second kappa shape index (κ2) is 7.69. The molecule has 1 aromatic heterocycles. The van der Waals surface area contributed by atoms with Crippen LogP contribution < -0.4 is 9.47 Å². The number of aliphatic carboxylic acids is 1. The largest absolute Gasteiger partial charge is 0.573 e. The number of nitrogens with zero attached hydrogens (tertiary/aromatic N) is 1. The summed E-state index contributed by atoms with van der Waals surface area (Å²) < 4.78 is 49.2. The number of aryl methyl sites for hydroxylation is 1. The first kappa shape index (κ1) is 20.6. The zero-order valence-corrected chi connectivity index (χ0v) is 16.1. The average molecular weight is 407 g/mol. The lowest BCUT2D eigenvalue weighted by molar-refractivity contribution is -0.274. The van der Waals surface area contributed by atoms with Crippen molar-refractivity contribution >= 4 is 16.9 Å². The van der Waals surface area contributed by atoms with Crippen molar-refractivity contribution in [1.82, 2.24) is 4.57 Å². The number of carboxylic acid groups (broad SMARTS) is 1. The number of ether oxygens (including phenoxy) is 2. The van der Waals surface area contributed by atoms with Crippen molar-refractivity contribution in [2.24, 2.45) is 7.05 Å². The zero-order chi connectivity index (χ0) is 21.3. The summed E-state index contributed by atoms with van der Waals surface area (Å²) in [7, 11) is 1.85. The summed E-state index contributed by atoms with van der Waals surface area (Å²) >= 11 is 0. The Morgan fingerprint density at radius 1 is 1.17 bits per heavy atom. The molecule has 3 aromatic rings. The Hall–Kier alpha value is -3.16. The standard InChI is InChI=1S/C21H20F3NO4/c1-12-17(10-14-5-4-6-15(9-14)28-13(2)20(26)27)18-11-16(29-21(22,23)24)7-8-19(18)25(12)3/h4-9,11,13H,10H2,1-3H3,(H,26,27). The van der Waals surface area contributed by atoms with E-state index < -0.39 is 18.4 Å². The molecule has 0 fully saturated rings. The Kier molecular flexibility index (Phi) is 5.46. The lowest BCUT2D eigenvalue weighted by Crippen LogP contribution is -2.22. The van der Waals surface area contributed by atoms with Crippen LogP contribution in [-0.2, 0) is 18.3 Å². The predicted molar refractivity (Wildman–Crippen MR) is 101 cm³/mol. The number of alkyl halides is 3. The van der Waals surface area contributed by atoms with Gasteiger partial charge in [0.15, 0.2) is 6.10 Å². The molecule has 0 amide bonds. The van der Waals surface area contributed by atoms with Gasteiger partial charge in [-0.05, 0) is 61.7 Å². The van der Waals surface area contributed by atoms with E-state index in [9.17, 15) is 18.0 Å². The van der Waals surface area contributed by atoms with Crippen LogP contribution in [0.25, 0.3) is 10.9 Å². The molecule has 5 nitrogen and oxygen atoms in total. The fraction of sp³-hybridized carbons (Fsp3) is 0.286. The average Bonchev–Trinajstić information content (AvgIpc) is 2.85. The van der Waals surface area contributed by atoms with Crippen LogP contribution >= 0.6 is 0 Å². The minimum Gasteiger partial charge on any atom is -0.479 e. The van der Waals surface area contributed by atoms with Gasteiger partial charge in [-0.15, -0.1) is 13.2 Å². The van der Waals surface area contributed by atoms with Gasteiger partial charge in [0.1, 0.15) is 11.5 Å². The summed E-state index contributed by atoms with van der Waals surface area (Å²) in [6.45, 7) is 3.33. The third-order valence-corrected chi connectivity index (χ3v) is 4.77. The highest BCUT2D eigenvalue weighted by atomic mass is 19.4. The predicted octanol–water partition coefficient (Wildman–Crippen LogP) is 4.83. The Morgan fingerprint density at radius 2 is 1.90 bits per heavy atom. The second-order valence-corrected chi connectivity index (χ2v) is 6.77. The smallest absolute Gasteiger partial charge is 0.479 e. The van der Waals surface area contributed by atoms with Crippen LogP contribution in [0.3, 0.4) is 0 Å². The Labute approximate surface area is 165 Å². The molecule has 3 rings (SSSR count). The highest BCUT2D eigenvalue weighted by Crippen LogP contribution is 2.32. The quantitative estimate of drug-likeness (QED) is 0.636. The fourth-order valence-corrected chi connectivity index (χ4v) is 3.24. The van der Waals surface area contributed by atoms with Gasteiger partial charge in [0.2, 0.25) is 0 Å². The van der Waals surface area contributed by atoms with E-state index in [0.29, 0.717) is 17.6 Å². The third kappa shape index (κ3) is 4.64. The van der Waals surface area contributed by atoms with Crippen molar-refractivity contribution in [3.05, 3.63) is 59.3 Å². The number of aromatic nitrogens is 1. The van der Waals surface area contributed by atoms with E-state index in [-0.39, 0.29) is 5.75 Å². The van der Waals surface area contributed by atoms with Crippen LogP contribution in [0.4, 0.5) is 13.2 Å². The molecule has 1 heterocycles. The topological polar surface area (TPSA) is 60.7 Å². The lowest BCUT2D eigenvalue weighted by Gasteiger charge is -2.12. The summed E-state index contributed by atoms with van der Waals surface area (Å²) in [6.07, 6.45) is -5.31. The lowest BCUT2D eigenvalue weighted by atomic mass is 10.0. The van der Waals surface area contributed by atoms with Gasteiger partial charge in [-0.3, -0.25) is 0 Å². The summed E-state index contributed by atoms with van der Waals surface area (Å²) in [5.41, 5.74) is 3.41. The monoisotopic (exact) mass is 407 g/mol. The van der Waals surface area contributed by atoms with Crippen molar-refractivity contribution in [2.45, 2.75) is 32.7 Å². The Bertz CT molecular complexity index is 1060. The number of hydrogen-bond donors (Lipinski definition) is 1. The van der Waals surface area contributed by atoms with Crippen molar-refractivity contribution in [2.75, 3.05) is 0 Å². The van der Waals surface area contributed by atoms with Gasteiger partial charge >= 0.3 is 12.3 Å². The van der Waals surface area contributed by atoms with Gasteiger partial charge in [-0.25, -0.2) is 4.79 Å². The first-order valence-electron chi connectivity index (χ1n) is 8.87. The summed E-state index contributed by atoms with van der Waals surface area (Å²) in [4.78, 5) is 11.0. The highest BCUT2D eigenvalue weighted by Gasteiger charge is 2.31. The summed E-state index contributed by atoms with van der Waals surface area (Å²) in [6, 6.07) is 11.3. The number of fused-ring (bicyclic) bond motifs is 1. The summed E-state index contributed by atoms with van der Waals surface area (Å²) in [5.74, 6) is -0.932. The Morgan fingerprint density at radius 3 is 2.55 bits per heavy atom. The van der Waals surface area contributed by atoms with E-state index in [4.69, 9.17) is 9.84 Å². The van der Waals surface area contributed by atoms with Crippen LogP contribution in [-0.4, -0.2) is 28.1 Å².